The fourth-order valence-electron chi connectivity index (χ4n) is 1.65. The Morgan fingerprint density at radius 1 is 1.40 bits per heavy atom. The van der Waals surface area contributed by atoms with Gasteiger partial charge < -0.3 is 5.11 Å². The SMILES string of the molecule is CC(C)=CC(O)CCc1cccc(C)c1. The Bertz CT molecular complexity index is 335. The summed E-state index contributed by atoms with van der Waals surface area (Å²) in [5, 5.41) is 9.67. The van der Waals surface area contributed by atoms with Crippen LogP contribution in [0.2, 0.25) is 0 Å². The quantitative estimate of drug-likeness (QED) is 0.746. The van der Waals surface area contributed by atoms with Crippen molar-refractivity contribution in [1.82, 2.24) is 0 Å². The molecule has 0 heterocycles. The lowest BCUT2D eigenvalue weighted by molar-refractivity contribution is 0.212. The van der Waals surface area contributed by atoms with Gasteiger partial charge in [-0.25, -0.2) is 0 Å². The highest BCUT2D eigenvalue weighted by molar-refractivity contribution is 5.22. The predicted octanol–water partition coefficient (Wildman–Crippen LogP) is 3.25. The largest absolute Gasteiger partial charge is 0.389 e. The number of aliphatic hydroxyl groups excluding tert-OH is 1. The summed E-state index contributed by atoms with van der Waals surface area (Å²) in [6.45, 7) is 6.11. The molecule has 0 spiro atoms. The Kier molecular flexibility index (Phi) is 4.57. The first kappa shape index (κ1) is 12.0. The van der Waals surface area contributed by atoms with Crippen molar-refractivity contribution in [2.45, 2.75) is 39.7 Å². The first-order valence-corrected chi connectivity index (χ1v) is 5.46. The van der Waals surface area contributed by atoms with E-state index in [1.165, 1.54) is 16.7 Å². The van der Waals surface area contributed by atoms with Crippen LogP contribution in [0, 0.1) is 6.92 Å². The van der Waals surface area contributed by atoms with Gasteiger partial charge in [-0.05, 0) is 39.2 Å². The standard InChI is InChI=1S/C14H20O/c1-11(2)9-14(15)8-7-13-6-4-5-12(3)10-13/h4-6,9-10,14-15H,7-8H2,1-3H3. The Morgan fingerprint density at radius 2 is 2.13 bits per heavy atom. The Hall–Kier alpha value is -1.08. The monoisotopic (exact) mass is 204 g/mol. The van der Waals surface area contributed by atoms with Gasteiger partial charge >= 0.3 is 0 Å². The maximum absolute atomic E-state index is 9.67. The molecule has 1 rings (SSSR count). The van der Waals surface area contributed by atoms with Gasteiger partial charge in [0.15, 0.2) is 0 Å². The molecule has 1 aromatic rings. The van der Waals surface area contributed by atoms with Crippen molar-refractivity contribution in [2.24, 2.45) is 0 Å². The summed E-state index contributed by atoms with van der Waals surface area (Å²) in [4.78, 5) is 0. The number of hydrogen-bond acceptors (Lipinski definition) is 1. The van der Waals surface area contributed by atoms with Crippen LogP contribution >= 0.6 is 0 Å². The van der Waals surface area contributed by atoms with E-state index < -0.39 is 0 Å². The molecule has 0 radical (unpaired) electrons. The van der Waals surface area contributed by atoms with Gasteiger partial charge in [0.05, 0.1) is 6.10 Å². The van der Waals surface area contributed by atoms with Crippen LogP contribution in [0.3, 0.4) is 0 Å². The normalized spacial score (nSPS) is 12.3. The van der Waals surface area contributed by atoms with Gasteiger partial charge in [-0.1, -0.05) is 41.5 Å². The highest BCUT2D eigenvalue weighted by Gasteiger charge is 2.01. The van der Waals surface area contributed by atoms with Crippen LogP contribution in [-0.4, -0.2) is 11.2 Å². The lowest BCUT2D eigenvalue weighted by Gasteiger charge is -2.07. The lowest BCUT2D eigenvalue weighted by Crippen LogP contribution is -2.04. The average molecular weight is 204 g/mol. The van der Waals surface area contributed by atoms with Crippen LogP contribution in [0.25, 0.3) is 0 Å². The number of benzene rings is 1. The molecule has 0 aliphatic heterocycles. The minimum atomic E-state index is -0.310. The molecule has 0 saturated carbocycles. The van der Waals surface area contributed by atoms with Crippen molar-refractivity contribution >= 4 is 0 Å². The summed E-state index contributed by atoms with van der Waals surface area (Å²) in [6, 6.07) is 8.45. The lowest BCUT2D eigenvalue weighted by atomic mass is 10.0. The second kappa shape index (κ2) is 5.72. The average Bonchev–Trinajstić information content (AvgIpc) is 2.14. The van der Waals surface area contributed by atoms with E-state index in [-0.39, 0.29) is 6.10 Å². The fourth-order valence-corrected chi connectivity index (χ4v) is 1.65. The van der Waals surface area contributed by atoms with Gasteiger partial charge in [0.25, 0.3) is 0 Å². The molecule has 1 nitrogen and oxygen atoms in total. The Balaban J connectivity index is 2.47. The molecule has 1 unspecified atom stereocenters. The van der Waals surface area contributed by atoms with Crippen molar-refractivity contribution < 1.29 is 5.11 Å². The number of allylic oxidation sites excluding steroid dienone is 1. The van der Waals surface area contributed by atoms with Crippen molar-refractivity contribution in [3.8, 4) is 0 Å². The molecule has 1 heteroatoms. The summed E-state index contributed by atoms with van der Waals surface area (Å²) < 4.78 is 0. The van der Waals surface area contributed by atoms with Gasteiger partial charge in [-0.15, -0.1) is 0 Å². The molecule has 1 N–H and O–H groups in total. The molecule has 82 valence electrons. The second-order valence-electron chi connectivity index (χ2n) is 4.34. The molecule has 0 aliphatic rings. The van der Waals surface area contributed by atoms with E-state index >= 15 is 0 Å². The Labute approximate surface area is 92.5 Å². The third kappa shape index (κ3) is 4.80. The third-order valence-electron chi connectivity index (χ3n) is 2.34. The minimum absolute atomic E-state index is 0.310. The predicted molar refractivity (Wildman–Crippen MR) is 64.9 cm³/mol. The molecule has 1 aromatic carbocycles. The maximum atomic E-state index is 9.67. The van der Waals surface area contributed by atoms with Crippen LogP contribution in [-0.2, 0) is 6.42 Å². The summed E-state index contributed by atoms with van der Waals surface area (Å²) in [5.74, 6) is 0. The zero-order chi connectivity index (χ0) is 11.3. The highest BCUT2D eigenvalue weighted by atomic mass is 16.3. The van der Waals surface area contributed by atoms with E-state index in [0.717, 1.165) is 12.8 Å². The van der Waals surface area contributed by atoms with E-state index in [2.05, 4.69) is 31.2 Å². The highest BCUT2D eigenvalue weighted by Crippen LogP contribution is 2.09. The zero-order valence-corrected chi connectivity index (χ0v) is 9.83. The van der Waals surface area contributed by atoms with Crippen LogP contribution in [0.4, 0.5) is 0 Å². The van der Waals surface area contributed by atoms with Crippen LogP contribution in [0.5, 0.6) is 0 Å². The third-order valence-corrected chi connectivity index (χ3v) is 2.34. The van der Waals surface area contributed by atoms with Gasteiger partial charge in [0.2, 0.25) is 0 Å². The van der Waals surface area contributed by atoms with Crippen molar-refractivity contribution in [3.05, 3.63) is 47.0 Å². The first-order chi connectivity index (χ1) is 7.08. The molecule has 0 aromatic heterocycles. The molecule has 0 aliphatic carbocycles. The first-order valence-electron chi connectivity index (χ1n) is 5.46. The van der Waals surface area contributed by atoms with Crippen molar-refractivity contribution in [2.75, 3.05) is 0 Å². The molecule has 0 bridgehead atoms. The van der Waals surface area contributed by atoms with E-state index in [0.29, 0.717) is 0 Å². The Morgan fingerprint density at radius 3 is 2.73 bits per heavy atom. The molecular weight excluding hydrogens is 184 g/mol. The molecular formula is C14H20O. The molecule has 0 amide bonds. The van der Waals surface area contributed by atoms with E-state index in [1.807, 2.05) is 19.9 Å². The maximum Gasteiger partial charge on any atom is 0.0726 e. The van der Waals surface area contributed by atoms with Crippen LogP contribution < -0.4 is 0 Å². The topological polar surface area (TPSA) is 20.2 Å². The molecule has 1 atom stereocenters. The van der Waals surface area contributed by atoms with Gasteiger partial charge in [0, 0.05) is 0 Å². The van der Waals surface area contributed by atoms with Crippen molar-refractivity contribution in [3.63, 3.8) is 0 Å². The summed E-state index contributed by atoms with van der Waals surface area (Å²) >= 11 is 0. The fraction of sp³-hybridized carbons (Fsp3) is 0.429. The van der Waals surface area contributed by atoms with E-state index in [9.17, 15) is 5.11 Å². The number of aliphatic hydroxyl groups is 1. The number of hydrogen-bond donors (Lipinski definition) is 1. The van der Waals surface area contributed by atoms with Crippen LogP contribution in [0.1, 0.15) is 31.4 Å². The molecule has 0 fully saturated rings. The number of rotatable bonds is 4. The van der Waals surface area contributed by atoms with Crippen LogP contribution in [0.15, 0.2) is 35.9 Å². The summed E-state index contributed by atoms with van der Waals surface area (Å²) in [5.41, 5.74) is 3.76. The summed E-state index contributed by atoms with van der Waals surface area (Å²) in [7, 11) is 0. The van der Waals surface area contributed by atoms with Gasteiger partial charge in [0.1, 0.15) is 0 Å². The number of aryl methyl sites for hydroxylation is 2. The summed E-state index contributed by atoms with van der Waals surface area (Å²) in [6.07, 6.45) is 3.34. The molecule has 15 heavy (non-hydrogen) atoms. The molecule has 0 saturated heterocycles. The van der Waals surface area contributed by atoms with E-state index in [4.69, 9.17) is 0 Å². The van der Waals surface area contributed by atoms with Crippen molar-refractivity contribution in [1.29, 1.82) is 0 Å². The van der Waals surface area contributed by atoms with E-state index in [1.54, 1.807) is 0 Å². The zero-order valence-electron chi connectivity index (χ0n) is 9.83. The van der Waals surface area contributed by atoms with Gasteiger partial charge in [-0.2, -0.15) is 0 Å². The minimum Gasteiger partial charge on any atom is -0.389 e. The van der Waals surface area contributed by atoms with Gasteiger partial charge in [-0.3, -0.25) is 0 Å². The smallest absolute Gasteiger partial charge is 0.0726 e. The second-order valence-corrected chi connectivity index (χ2v) is 4.34.